The first kappa shape index (κ1) is 19.6. The van der Waals surface area contributed by atoms with E-state index in [1.807, 2.05) is 0 Å². The number of hydrogen-bond donors (Lipinski definition) is 2. The van der Waals surface area contributed by atoms with Crippen molar-refractivity contribution in [3.05, 3.63) is 99.2 Å². The maximum atomic E-state index is 14.2. The Morgan fingerprint density at radius 2 is 1.93 bits per heavy atom. The molecule has 0 saturated carbocycles. The zero-order valence-corrected chi connectivity index (χ0v) is 16.2. The molecule has 0 aliphatic rings. The number of aromatic nitrogens is 2. The maximum absolute atomic E-state index is 14.2. The Morgan fingerprint density at radius 1 is 1.13 bits per heavy atom. The molecule has 0 bridgehead atoms. The third-order valence-electron chi connectivity index (χ3n) is 4.59. The zero-order valence-electron chi connectivity index (χ0n) is 15.5. The first-order valence-corrected chi connectivity index (χ1v) is 9.33. The molecular formula is C22H15ClFN3O3. The van der Waals surface area contributed by atoms with Gasteiger partial charge in [0.05, 0.1) is 12.2 Å². The highest BCUT2D eigenvalue weighted by Crippen LogP contribution is 2.27. The van der Waals surface area contributed by atoms with Gasteiger partial charge in [-0.1, -0.05) is 29.8 Å². The Hall–Kier alpha value is -3.71. The Kier molecular flexibility index (Phi) is 5.20. The van der Waals surface area contributed by atoms with E-state index < -0.39 is 17.3 Å². The van der Waals surface area contributed by atoms with Gasteiger partial charge in [-0.3, -0.25) is 14.2 Å². The number of amides is 1. The van der Waals surface area contributed by atoms with Crippen molar-refractivity contribution in [3.8, 4) is 5.75 Å². The number of carbonyl (C=O) groups excluding carboxylic acids is 1. The predicted molar refractivity (Wildman–Crippen MR) is 113 cm³/mol. The van der Waals surface area contributed by atoms with E-state index in [-0.39, 0.29) is 29.1 Å². The van der Waals surface area contributed by atoms with Crippen LogP contribution >= 0.6 is 11.6 Å². The molecule has 0 spiro atoms. The minimum absolute atomic E-state index is 0.0684. The number of aromatic hydroxyl groups is 1. The van der Waals surface area contributed by atoms with Crippen LogP contribution in [0.4, 0.5) is 10.1 Å². The third kappa shape index (κ3) is 3.75. The van der Waals surface area contributed by atoms with Crippen LogP contribution in [-0.2, 0) is 6.54 Å². The van der Waals surface area contributed by atoms with E-state index in [4.69, 9.17) is 11.6 Å². The van der Waals surface area contributed by atoms with Crippen molar-refractivity contribution < 1.29 is 14.3 Å². The van der Waals surface area contributed by atoms with Gasteiger partial charge in [-0.05, 0) is 42.5 Å². The summed E-state index contributed by atoms with van der Waals surface area (Å²) >= 11 is 5.91. The van der Waals surface area contributed by atoms with Crippen molar-refractivity contribution in [2.24, 2.45) is 0 Å². The van der Waals surface area contributed by atoms with Gasteiger partial charge in [0, 0.05) is 22.2 Å². The largest absolute Gasteiger partial charge is 0.506 e. The van der Waals surface area contributed by atoms with Gasteiger partial charge in [-0.2, -0.15) is 0 Å². The lowest BCUT2D eigenvalue weighted by Gasteiger charge is -2.13. The highest BCUT2D eigenvalue weighted by molar-refractivity contribution is 6.31. The molecule has 6 nitrogen and oxygen atoms in total. The molecule has 2 aromatic carbocycles. The summed E-state index contributed by atoms with van der Waals surface area (Å²) in [6.07, 6.45) is 1.52. The molecule has 30 heavy (non-hydrogen) atoms. The summed E-state index contributed by atoms with van der Waals surface area (Å²) in [5, 5.41) is 13.3. The molecule has 2 heterocycles. The Balaban J connectivity index is 1.82. The van der Waals surface area contributed by atoms with Gasteiger partial charge in [-0.15, -0.1) is 0 Å². The van der Waals surface area contributed by atoms with Gasteiger partial charge in [-0.25, -0.2) is 9.37 Å². The summed E-state index contributed by atoms with van der Waals surface area (Å²) in [5.74, 6) is -1.39. The normalized spacial score (nSPS) is 10.9. The van der Waals surface area contributed by atoms with Gasteiger partial charge in [0.15, 0.2) is 0 Å². The van der Waals surface area contributed by atoms with E-state index in [0.717, 1.165) is 0 Å². The first-order valence-electron chi connectivity index (χ1n) is 8.96. The van der Waals surface area contributed by atoms with Crippen LogP contribution in [0.25, 0.3) is 11.0 Å². The van der Waals surface area contributed by atoms with E-state index in [0.29, 0.717) is 16.1 Å². The quantitative estimate of drug-likeness (QED) is 0.482. The van der Waals surface area contributed by atoms with Crippen LogP contribution < -0.4 is 10.9 Å². The van der Waals surface area contributed by atoms with Crippen molar-refractivity contribution in [2.45, 2.75) is 6.54 Å². The number of nitrogens with one attached hydrogen (secondary N) is 1. The van der Waals surface area contributed by atoms with Gasteiger partial charge in [0.2, 0.25) is 0 Å². The lowest BCUT2D eigenvalue weighted by atomic mass is 10.1. The topological polar surface area (TPSA) is 84.2 Å². The van der Waals surface area contributed by atoms with Crippen LogP contribution in [0.15, 0.2) is 71.7 Å². The number of phenols is 1. The van der Waals surface area contributed by atoms with Crippen LogP contribution in [0.5, 0.6) is 5.75 Å². The van der Waals surface area contributed by atoms with E-state index in [2.05, 4.69) is 10.3 Å². The molecule has 0 saturated heterocycles. The molecule has 0 fully saturated rings. The smallest absolute Gasteiger partial charge is 0.265 e. The Morgan fingerprint density at radius 3 is 2.73 bits per heavy atom. The number of anilines is 1. The number of rotatable bonds is 4. The van der Waals surface area contributed by atoms with Crippen LogP contribution in [0, 0.1) is 5.82 Å². The van der Waals surface area contributed by atoms with Crippen molar-refractivity contribution in [2.75, 3.05) is 5.32 Å². The minimum atomic E-state index is -0.731. The number of carbonyl (C=O) groups is 1. The number of nitrogens with zero attached hydrogens (tertiary/aromatic N) is 2. The predicted octanol–water partition coefficient (Wildman–Crippen LogP) is 4.20. The van der Waals surface area contributed by atoms with Crippen molar-refractivity contribution in [1.29, 1.82) is 0 Å². The van der Waals surface area contributed by atoms with Crippen molar-refractivity contribution in [1.82, 2.24) is 9.55 Å². The average Bonchev–Trinajstić information content (AvgIpc) is 2.74. The molecule has 2 aromatic heterocycles. The van der Waals surface area contributed by atoms with Crippen LogP contribution in [0.3, 0.4) is 0 Å². The molecule has 8 heteroatoms. The summed E-state index contributed by atoms with van der Waals surface area (Å²) in [6, 6.07) is 15.0. The molecule has 0 unspecified atom stereocenters. The molecule has 2 N–H and O–H groups in total. The molecule has 0 aliphatic carbocycles. The van der Waals surface area contributed by atoms with Gasteiger partial charge < -0.3 is 10.4 Å². The average molecular weight is 424 g/mol. The number of phenolic OH excluding ortho intramolecular Hbond substituents is 1. The molecular weight excluding hydrogens is 409 g/mol. The van der Waals surface area contributed by atoms with Crippen LogP contribution in [0.2, 0.25) is 5.02 Å². The number of pyridine rings is 2. The lowest BCUT2D eigenvalue weighted by molar-refractivity contribution is 0.102. The molecule has 0 atom stereocenters. The van der Waals surface area contributed by atoms with Gasteiger partial charge in [0.25, 0.3) is 11.5 Å². The van der Waals surface area contributed by atoms with Crippen molar-refractivity contribution >= 4 is 34.2 Å². The highest BCUT2D eigenvalue weighted by atomic mass is 35.5. The maximum Gasteiger partial charge on any atom is 0.265 e. The van der Waals surface area contributed by atoms with Gasteiger partial charge >= 0.3 is 0 Å². The van der Waals surface area contributed by atoms with E-state index in [1.54, 1.807) is 30.3 Å². The second kappa shape index (κ2) is 7.96. The molecule has 0 radical (unpaired) electrons. The SMILES string of the molecule is O=C(Nc1cc(Cl)ccc1O)c1cc2cccnc2n(Cc2ccccc2F)c1=O. The fourth-order valence-corrected chi connectivity index (χ4v) is 3.28. The first-order chi connectivity index (χ1) is 14.4. The van der Waals surface area contributed by atoms with E-state index >= 15 is 0 Å². The molecule has 4 aromatic rings. The fourth-order valence-electron chi connectivity index (χ4n) is 3.11. The number of halogens is 2. The summed E-state index contributed by atoms with van der Waals surface area (Å²) in [4.78, 5) is 30.2. The van der Waals surface area contributed by atoms with Crippen LogP contribution in [-0.4, -0.2) is 20.6 Å². The lowest BCUT2D eigenvalue weighted by Crippen LogP contribution is -2.30. The molecule has 1 amide bonds. The molecule has 0 aliphatic heterocycles. The Labute approximate surface area is 175 Å². The third-order valence-corrected chi connectivity index (χ3v) is 4.82. The summed E-state index contributed by atoms with van der Waals surface area (Å²) in [5.41, 5.74) is -0.127. The van der Waals surface area contributed by atoms with E-state index in [9.17, 15) is 19.1 Å². The summed E-state index contributed by atoms with van der Waals surface area (Å²) < 4.78 is 15.4. The number of fused-ring (bicyclic) bond motifs is 1. The standard InChI is InChI=1S/C22H15ClFN3O3/c23-15-7-8-19(28)18(11-15)26-21(29)16-10-13-5-3-9-25-20(13)27(22(16)30)12-14-4-1-2-6-17(14)24/h1-11,28H,12H2,(H,26,29). The monoisotopic (exact) mass is 423 g/mol. The highest BCUT2D eigenvalue weighted by Gasteiger charge is 2.18. The van der Waals surface area contributed by atoms with Crippen LogP contribution in [0.1, 0.15) is 15.9 Å². The second-order valence-electron chi connectivity index (χ2n) is 6.57. The number of benzene rings is 2. The molecule has 150 valence electrons. The van der Waals surface area contributed by atoms with Gasteiger partial charge in [0.1, 0.15) is 22.8 Å². The summed E-state index contributed by atoms with van der Waals surface area (Å²) in [7, 11) is 0. The van der Waals surface area contributed by atoms with E-state index in [1.165, 1.54) is 41.1 Å². The zero-order chi connectivity index (χ0) is 21.3. The second-order valence-corrected chi connectivity index (χ2v) is 7.01. The van der Waals surface area contributed by atoms with Crippen molar-refractivity contribution in [3.63, 3.8) is 0 Å². The molecule has 4 rings (SSSR count). The fraction of sp³-hybridized carbons (Fsp3) is 0.0455. The summed E-state index contributed by atoms with van der Waals surface area (Å²) in [6.45, 7) is -0.0947. The minimum Gasteiger partial charge on any atom is -0.506 e. The number of hydrogen-bond acceptors (Lipinski definition) is 4. The Bertz CT molecular complexity index is 1340.